The van der Waals surface area contributed by atoms with Gasteiger partial charge in [-0.25, -0.2) is 34.1 Å². The van der Waals surface area contributed by atoms with E-state index >= 15 is 0 Å². The maximum atomic E-state index is 13.4. The van der Waals surface area contributed by atoms with E-state index in [0.29, 0.717) is 77.9 Å². The van der Waals surface area contributed by atoms with Gasteiger partial charge < -0.3 is 24.1 Å². The summed E-state index contributed by atoms with van der Waals surface area (Å²) in [5.74, 6) is 0.208. The maximum absolute atomic E-state index is 13.4. The van der Waals surface area contributed by atoms with Gasteiger partial charge in [-0.15, -0.1) is 34.0 Å². The number of amides is 4. The summed E-state index contributed by atoms with van der Waals surface area (Å²) in [4.78, 5) is 86.6. The average Bonchev–Trinajstić information content (AvgIpc) is 1.63. The van der Waals surface area contributed by atoms with Gasteiger partial charge in [0.15, 0.2) is 6.29 Å². The third-order valence-electron chi connectivity index (χ3n) is 23.7. The number of carbonyl (C=O) groups is 5. The lowest BCUT2D eigenvalue weighted by Gasteiger charge is -2.23. The molecular weight excluding hydrogens is 1860 g/mol. The van der Waals surface area contributed by atoms with Crippen molar-refractivity contribution in [3.8, 4) is 43.7 Å². The smallest absolute Gasteiger partial charge is 0.416 e. The van der Waals surface area contributed by atoms with Gasteiger partial charge in [-0.2, -0.15) is 52.7 Å². The maximum Gasteiger partial charge on any atom is 0.416 e. The molecule has 18 nitrogen and oxygen atoms in total. The van der Waals surface area contributed by atoms with Crippen LogP contribution in [0.5, 0.6) is 0 Å². The summed E-state index contributed by atoms with van der Waals surface area (Å²) in [6.07, 6.45) is -22.8. The van der Waals surface area contributed by atoms with Crippen LogP contribution in [0.15, 0.2) is 180 Å². The van der Waals surface area contributed by atoms with E-state index in [1.807, 2.05) is 139 Å². The average molecular weight is 1950 g/mol. The molecule has 0 radical (unpaired) electrons. The third-order valence-corrected chi connectivity index (χ3v) is 26.8. The fraction of sp³-hybridized carbons (Fsp3) is 0.324. The number of rotatable bonds is 20. The first-order chi connectivity index (χ1) is 63.9. The van der Waals surface area contributed by atoms with Crippen molar-refractivity contribution >= 4 is 81.8 Å². The SMILES string of the molecule is C=C(C)c1nc(-c2ccc(C)cc2CN2C(=O)O[C@H](c3cc(C)cc(C(F)(F)F)c3)[C@@H]2C)cs1.Cc1cc([C@H]2OC(=O)N(Cc3cc(C)ccc3-c3nc(C(C)C)ccc3Cl)[C@H]2C)cc(C(F)(F)F)c1.Cc1cc([C@H]2OC(=O)N(Cc3cc(C)ccc3-c3nc(C=O)cs3)[C@H]2C)cc(C(F)(F)F)c1.Cc1cc([C@H]2OC(=O)N(Cc3cc(C)ccc3-c3nc(CO)cs3)[C@H]2C)cc(C(F)(F)F)c1. The first-order valence-electron chi connectivity index (χ1n) is 43.2. The van der Waals surface area contributed by atoms with Gasteiger partial charge in [0.25, 0.3) is 0 Å². The topological polar surface area (TPSA) is 207 Å². The fourth-order valence-corrected chi connectivity index (χ4v) is 19.4. The number of pyridine rings is 1. The van der Waals surface area contributed by atoms with E-state index in [4.69, 9.17) is 35.5 Å². The normalized spacial score (nSPS) is 18.4. The standard InChI is InChI=1S/C28H28ClF3N2O2.C26H25F3N2O2S.C24H23F3N2O3S.C24H21F3N2O3S/c1-15(2)24-9-8-23(29)25(33-24)22-7-6-16(3)10-20(22)14-34-18(5)26(36-27(34)35)19-11-17(4)12-21(13-19)28(30,31)32;1-14(2)24-30-22(13-34-24)21-7-6-15(3)8-19(21)12-31-17(5)23(33-25(31)32)18-9-16(4)10-20(11-18)26(27,28)29;2*1-13-4-5-20(22-28-19(11-30)12-33-22)17(6-13)10-29-15(3)21(32-23(29)31)16-7-14(2)8-18(9-16)24(25,26)27/h6-13,15,18,26H,14H2,1-5H3;6-11,13,17,23H,1,12H2,2-5H3;4-9,12,15,21,30H,10-11H2,1-3H3;4-9,11-12,15,21H,10H2,1-3H3/t18-,26-;17-,23-;2*15-,21-/m0000/s1. The van der Waals surface area contributed by atoms with E-state index in [9.17, 15) is 81.8 Å². The zero-order chi connectivity index (χ0) is 99.0. The van der Waals surface area contributed by atoms with E-state index in [1.165, 1.54) is 43.8 Å². The highest BCUT2D eigenvalue weighted by atomic mass is 35.5. The molecule has 4 amide bonds. The first-order valence-corrected chi connectivity index (χ1v) is 46.2. The predicted octanol–water partition coefficient (Wildman–Crippen LogP) is 28.2. The number of allylic oxidation sites excluding steroid dienone is 1. The number of nitrogens with zero attached hydrogens (tertiary/aromatic N) is 8. The number of hydrogen-bond donors (Lipinski definition) is 1. The Balaban J connectivity index is 0.000000153. The first kappa shape index (κ1) is 101. The summed E-state index contributed by atoms with van der Waals surface area (Å²) in [6.45, 7) is 31.9. The highest BCUT2D eigenvalue weighted by molar-refractivity contribution is 7.13. The highest BCUT2D eigenvalue weighted by Crippen LogP contribution is 2.47. The zero-order valence-corrected chi connectivity index (χ0v) is 79.8. The summed E-state index contributed by atoms with van der Waals surface area (Å²) in [7, 11) is 0. The van der Waals surface area contributed by atoms with Crippen LogP contribution in [0.2, 0.25) is 5.02 Å². The molecule has 34 heteroatoms. The van der Waals surface area contributed by atoms with Crippen molar-refractivity contribution in [1.29, 1.82) is 0 Å². The Morgan fingerprint density at radius 1 is 0.419 bits per heavy atom. The number of aldehydes is 1. The largest absolute Gasteiger partial charge is 0.439 e. The monoisotopic (exact) mass is 1950 g/mol. The summed E-state index contributed by atoms with van der Waals surface area (Å²) in [5.41, 5.74) is 14.9. The number of ether oxygens (including phenoxy) is 4. The number of thiazole rings is 3. The van der Waals surface area contributed by atoms with Crippen molar-refractivity contribution in [2.75, 3.05) is 0 Å². The second-order valence-electron chi connectivity index (χ2n) is 34.9. The van der Waals surface area contributed by atoms with E-state index in [0.717, 1.165) is 142 Å². The van der Waals surface area contributed by atoms with Gasteiger partial charge in [0, 0.05) is 44.1 Å². The number of aromatic nitrogens is 4. The van der Waals surface area contributed by atoms with Crippen molar-refractivity contribution in [1.82, 2.24) is 39.5 Å². The second-order valence-corrected chi connectivity index (χ2v) is 37.9. The van der Waals surface area contributed by atoms with Crippen LogP contribution in [0, 0.1) is 55.4 Å². The fourth-order valence-electron chi connectivity index (χ4n) is 16.8. The lowest BCUT2D eigenvalue weighted by molar-refractivity contribution is -0.138. The number of hydrogen-bond acceptors (Lipinski definition) is 17. The van der Waals surface area contributed by atoms with Crippen LogP contribution in [0.4, 0.5) is 71.9 Å². The van der Waals surface area contributed by atoms with Gasteiger partial charge in [0.1, 0.15) is 45.1 Å². The van der Waals surface area contributed by atoms with Crippen molar-refractivity contribution in [3.63, 3.8) is 0 Å². The molecule has 0 saturated carbocycles. The molecule has 16 rings (SSSR count). The number of aryl methyl sites for hydroxylation is 8. The van der Waals surface area contributed by atoms with Crippen molar-refractivity contribution in [2.45, 2.75) is 216 Å². The van der Waals surface area contributed by atoms with E-state index in [2.05, 4.69) is 21.5 Å². The molecule has 0 bridgehead atoms. The minimum Gasteiger partial charge on any atom is -0.439 e. The van der Waals surface area contributed by atoms with Gasteiger partial charge in [-0.1, -0.05) is 174 Å². The quantitative estimate of drug-likeness (QED) is 0.0428. The van der Waals surface area contributed by atoms with Crippen LogP contribution < -0.4 is 0 Å². The van der Waals surface area contributed by atoms with Crippen LogP contribution in [0.3, 0.4) is 0 Å². The number of aliphatic hydroxyl groups is 1. The molecule has 8 heterocycles. The highest BCUT2D eigenvalue weighted by Gasteiger charge is 2.47. The van der Waals surface area contributed by atoms with Gasteiger partial charge >= 0.3 is 49.1 Å². The Hall–Kier alpha value is -12.3. The number of aliphatic hydroxyl groups excluding tert-OH is 1. The van der Waals surface area contributed by atoms with Crippen molar-refractivity contribution < 1.29 is 101 Å². The van der Waals surface area contributed by atoms with Gasteiger partial charge in [-0.3, -0.25) is 29.4 Å². The molecule has 8 atom stereocenters. The lowest BCUT2D eigenvalue weighted by atomic mass is 9.97. The van der Waals surface area contributed by atoms with E-state index in [-0.39, 0.29) is 38.7 Å². The molecule has 8 aromatic carbocycles. The lowest BCUT2D eigenvalue weighted by Crippen LogP contribution is -2.31. The van der Waals surface area contributed by atoms with Crippen LogP contribution in [0.25, 0.3) is 49.2 Å². The number of carbonyl (C=O) groups excluding carboxylic acids is 5. The number of halogens is 13. The summed E-state index contributed by atoms with van der Waals surface area (Å²) in [6, 6.07) is 40.2. The molecule has 714 valence electrons. The second kappa shape index (κ2) is 40.9. The van der Waals surface area contributed by atoms with Crippen LogP contribution in [-0.2, 0) is 76.4 Å². The van der Waals surface area contributed by atoms with Crippen LogP contribution >= 0.6 is 45.6 Å². The predicted molar refractivity (Wildman–Crippen MR) is 498 cm³/mol. The minimum absolute atomic E-state index is 0.161. The van der Waals surface area contributed by atoms with E-state index in [1.54, 1.807) is 100 Å². The summed E-state index contributed by atoms with van der Waals surface area (Å²) in [5, 5.41) is 17.4. The number of benzene rings is 8. The molecular formula is C102H97ClF12N8O10S3. The molecule has 0 unspecified atom stereocenters. The van der Waals surface area contributed by atoms with Gasteiger partial charge in [0.2, 0.25) is 0 Å². The Kier molecular flexibility index (Phi) is 30.4. The Morgan fingerprint density at radius 2 is 0.743 bits per heavy atom. The van der Waals surface area contributed by atoms with Gasteiger partial charge in [-0.05, 0) is 207 Å². The molecule has 0 spiro atoms. The molecule has 4 fully saturated rings. The van der Waals surface area contributed by atoms with Crippen LogP contribution in [-0.4, -0.2) is 99.5 Å². The molecule has 4 saturated heterocycles. The Labute approximate surface area is 795 Å². The summed E-state index contributed by atoms with van der Waals surface area (Å²) >= 11 is 10.8. The number of cyclic esters (lactones) is 4. The molecule has 136 heavy (non-hydrogen) atoms. The van der Waals surface area contributed by atoms with Crippen molar-refractivity contribution in [2.24, 2.45) is 0 Å². The molecule has 4 aliphatic rings. The number of alkyl halides is 12. The minimum atomic E-state index is -4.49. The summed E-state index contributed by atoms with van der Waals surface area (Å²) < 4.78 is 182. The van der Waals surface area contributed by atoms with Crippen molar-refractivity contribution in [3.05, 3.63) is 319 Å². The molecule has 0 aliphatic carbocycles. The molecule has 4 aliphatic heterocycles. The van der Waals surface area contributed by atoms with E-state index < -0.39 is 120 Å². The molecule has 12 aromatic rings. The Bertz CT molecular complexity index is 6530. The zero-order valence-electron chi connectivity index (χ0n) is 76.6. The van der Waals surface area contributed by atoms with Crippen LogP contribution in [0.1, 0.15) is 217 Å². The Morgan fingerprint density at radius 3 is 1.05 bits per heavy atom. The molecule has 4 aromatic heterocycles. The van der Waals surface area contributed by atoms with Gasteiger partial charge in [0.05, 0.1) is 101 Å². The molecule has 1 N–H and O–H groups in total. The third kappa shape index (κ3) is 23.3.